The Balaban J connectivity index is 2.01. The van der Waals surface area contributed by atoms with Crippen LogP contribution in [0.3, 0.4) is 0 Å². The molecule has 0 saturated carbocycles. The van der Waals surface area contributed by atoms with E-state index in [4.69, 9.17) is 11.6 Å². The average molecular weight is 358 g/mol. The Hall–Kier alpha value is -1.50. The highest BCUT2D eigenvalue weighted by Gasteiger charge is 2.37. The highest BCUT2D eigenvalue weighted by Crippen LogP contribution is 2.37. The monoisotopic (exact) mass is 357 g/mol. The third-order valence-corrected chi connectivity index (χ3v) is 6.11. The van der Waals surface area contributed by atoms with Gasteiger partial charge in [0.15, 0.2) is 0 Å². The minimum absolute atomic E-state index is 0.269. The van der Waals surface area contributed by atoms with Gasteiger partial charge in [-0.3, -0.25) is 0 Å². The summed E-state index contributed by atoms with van der Waals surface area (Å²) in [6.07, 6.45) is 1.28. The molecule has 1 aliphatic heterocycles. The smallest absolute Gasteiger partial charge is 0.207 e. The van der Waals surface area contributed by atoms with Crippen LogP contribution >= 0.6 is 11.6 Å². The molecule has 2 aromatic rings. The van der Waals surface area contributed by atoms with Crippen molar-refractivity contribution in [3.63, 3.8) is 0 Å². The standard InChI is InChI=1S/C16H14ClF2NO2S/c17-12-5-3-11(4-6-12)15-2-1-9-20(15)23(21,22)16-10-13(18)7-8-14(16)19/h3-8,10,15H,1-2,9H2/t15-/m1/s1. The van der Waals surface area contributed by atoms with Gasteiger partial charge in [-0.25, -0.2) is 17.2 Å². The molecule has 7 heteroatoms. The molecule has 0 bridgehead atoms. The Labute approximate surface area is 138 Å². The van der Waals surface area contributed by atoms with Crippen molar-refractivity contribution in [3.05, 3.63) is 64.7 Å². The third kappa shape index (κ3) is 3.11. The normalized spacial score (nSPS) is 19.2. The SMILES string of the molecule is O=S(=O)(c1cc(F)ccc1F)N1CCC[C@@H]1c1ccc(Cl)cc1. The van der Waals surface area contributed by atoms with Crippen molar-refractivity contribution >= 4 is 21.6 Å². The Morgan fingerprint density at radius 1 is 1.09 bits per heavy atom. The van der Waals surface area contributed by atoms with Crippen molar-refractivity contribution in [1.29, 1.82) is 0 Å². The first-order chi connectivity index (χ1) is 10.9. The van der Waals surface area contributed by atoms with E-state index in [1.807, 2.05) is 0 Å². The fourth-order valence-electron chi connectivity index (χ4n) is 2.85. The number of rotatable bonds is 3. The van der Waals surface area contributed by atoms with Gasteiger partial charge in [-0.1, -0.05) is 23.7 Å². The van der Waals surface area contributed by atoms with Crippen LogP contribution in [0.15, 0.2) is 47.4 Å². The van der Waals surface area contributed by atoms with Gasteiger partial charge in [-0.05, 0) is 48.7 Å². The van der Waals surface area contributed by atoms with E-state index in [0.29, 0.717) is 17.9 Å². The van der Waals surface area contributed by atoms with Crippen molar-refractivity contribution in [2.45, 2.75) is 23.8 Å². The highest BCUT2D eigenvalue weighted by molar-refractivity contribution is 7.89. The summed E-state index contributed by atoms with van der Waals surface area (Å²) in [7, 11) is -4.11. The summed E-state index contributed by atoms with van der Waals surface area (Å²) in [4.78, 5) is -0.627. The fraction of sp³-hybridized carbons (Fsp3) is 0.250. The number of benzene rings is 2. The molecule has 23 heavy (non-hydrogen) atoms. The molecule has 0 spiro atoms. The molecule has 2 aromatic carbocycles. The summed E-state index contributed by atoms with van der Waals surface area (Å²) in [5.74, 6) is -1.74. The van der Waals surface area contributed by atoms with Crippen molar-refractivity contribution in [1.82, 2.24) is 4.31 Å². The number of hydrogen-bond donors (Lipinski definition) is 0. The summed E-state index contributed by atoms with van der Waals surface area (Å²) < 4.78 is 54.0. The van der Waals surface area contributed by atoms with Crippen LogP contribution in [0.2, 0.25) is 5.02 Å². The van der Waals surface area contributed by atoms with E-state index in [0.717, 1.165) is 23.8 Å². The van der Waals surface area contributed by atoms with Gasteiger partial charge in [0.25, 0.3) is 0 Å². The number of sulfonamides is 1. The molecular weight excluding hydrogens is 344 g/mol. The molecule has 0 amide bonds. The second-order valence-corrected chi connectivity index (χ2v) is 7.70. The topological polar surface area (TPSA) is 37.4 Å². The van der Waals surface area contributed by atoms with Gasteiger partial charge in [0, 0.05) is 11.6 Å². The predicted octanol–water partition coefficient (Wildman–Crippen LogP) is 4.14. The zero-order valence-corrected chi connectivity index (χ0v) is 13.6. The summed E-state index contributed by atoms with van der Waals surface area (Å²) in [5, 5.41) is 0.553. The van der Waals surface area contributed by atoms with E-state index >= 15 is 0 Å². The van der Waals surface area contributed by atoms with Gasteiger partial charge in [0.1, 0.15) is 16.5 Å². The molecule has 0 radical (unpaired) electrons. The van der Waals surface area contributed by atoms with Crippen LogP contribution in [-0.4, -0.2) is 19.3 Å². The first kappa shape index (κ1) is 16.4. The molecule has 3 rings (SSSR count). The van der Waals surface area contributed by atoms with E-state index in [1.165, 1.54) is 4.31 Å². The number of halogens is 3. The summed E-state index contributed by atoms with van der Waals surface area (Å²) in [6, 6.07) is 8.92. The number of nitrogens with zero attached hydrogens (tertiary/aromatic N) is 1. The molecule has 1 saturated heterocycles. The summed E-state index contributed by atoms with van der Waals surface area (Å²) in [6.45, 7) is 0.269. The van der Waals surface area contributed by atoms with Crippen LogP contribution in [0.5, 0.6) is 0 Å². The lowest BCUT2D eigenvalue weighted by atomic mass is 10.1. The largest absolute Gasteiger partial charge is 0.246 e. The molecule has 3 nitrogen and oxygen atoms in total. The first-order valence-corrected chi connectivity index (χ1v) is 8.94. The van der Waals surface area contributed by atoms with E-state index < -0.39 is 32.6 Å². The van der Waals surface area contributed by atoms with Crippen molar-refractivity contribution in [3.8, 4) is 0 Å². The predicted molar refractivity (Wildman–Crippen MR) is 83.7 cm³/mol. The van der Waals surface area contributed by atoms with Gasteiger partial charge < -0.3 is 0 Å². The Morgan fingerprint density at radius 3 is 2.48 bits per heavy atom. The van der Waals surface area contributed by atoms with Gasteiger partial charge in [0.2, 0.25) is 10.0 Å². The minimum atomic E-state index is -4.11. The second-order valence-electron chi connectivity index (χ2n) is 5.40. The third-order valence-electron chi connectivity index (χ3n) is 3.94. The maximum Gasteiger partial charge on any atom is 0.246 e. The summed E-state index contributed by atoms with van der Waals surface area (Å²) in [5.41, 5.74) is 0.785. The molecule has 0 N–H and O–H groups in total. The molecular formula is C16H14ClF2NO2S. The maximum atomic E-state index is 13.9. The molecule has 1 heterocycles. The minimum Gasteiger partial charge on any atom is -0.207 e. The second kappa shape index (κ2) is 6.19. The van der Waals surface area contributed by atoms with Crippen molar-refractivity contribution < 1.29 is 17.2 Å². The van der Waals surface area contributed by atoms with Gasteiger partial charge in [0.05, 0.1) is 6.04 Å². The lowest BCUT2D eigenvalue weighted by Crippen LogP contribution is -2.31. The van der Waals surface area contributed by atoms with Crippen LogP contribution in [0.1, 0.15) is 24.4 Å². The molecule has 1 atom stereocenters. The molecule has 122 valence electrons. The van der Waals surface area contributed by atoms with E-state index in [-0.39, 0.29) is 6.54 Å². The van der Waals surface area contributed by atoms with E-state index in [9.17, 15) is 17.2 Å². The average Bonchev–Trinajstić information content (AvgIpc) is 3.00. The Morgan fingerprint density at radius 2 is 1.78 bits per heavy atom. The van der Waals surface area contributed by atoms with Gasteiger partial charge in [-0.15, -0.1) is 0 Å². The fourth-order valence-corrected chi connectivity index (χ4v) is 4.73. The first-order valence-electron chi connectivity index (χ1n) is 7.12. The maximum absolute atomic E-state index is 13.9. The van der Waals surface area contributed by atoms with Crippen LogP contribution in [-0.2, 0) is 10.0 Å². The van der Waals surface area contributed by atoms with Gasteiger partial charge in [-0.2, -0.15) is 4.31 Å². The molecule has 0 aromatic heterocycles. The molecule has 0 aliphatic carbocycles. The molecule has 1 fully saturated rings. The summed E-state index contributed by atoms with van der Waals surface area (Å²) >= 11 is 5.86. The number of hydrogen-bond acceptors (Lipinski definition) is 2. The molecule has 1 aliphatic rings. The van der Waals surface area contributed by atoms with Crippen LogP contribution < -0.4 is 0 Å². The van der Waals surface area contributed by atoms with Crippen LogP contribution in [0, 0.1) is 11.6 Å². The van der Waals surface area contributed by atoms with Crippen molar-refractivity contribution in [2.24, 2.45) is 0 Å². The quantitative estimate of drug-likeness (QED) is 0.827. The molecule has 0 unspecified atom stereocenters. The lowest BCUT2D eigenvalue weighted by molar-refractivity contribution is 0.393. The van der Waals surface area contributed by atoms with E-state index in [1.54, 1.807) is 24.3 Å². The zero-order valence-electron chi connectivity index (χ0n) is 12.0. The van der Waals surface area contributed by atoms with Crippen LogP contribution in [0.25, 0.3) is 0 Å². The Kier molecular flexibility index (Phi) is 4.40. The van der Waals surface area contributed by atoms with E-state index in [2.05, 4.69) is 0 Å². The highest BCUT2D eigenvalue weighted by atomic mass is 35.5. The van der Waals surface area contributed by atoms with Gasteiger partial charge >= 0.3 is 0 Å². The zero-order chi connectivity index (χ0) is 16.6. The van der Waals surface area contributed by atoms with Crippen LogP contribution in [0.4, 0.5) is 8.78 Å². The Bertz CT molecular complexity index is 824. The van der Waals surface area contributed by atoms with Crippen molar-refractivity contribution in [2.75, 3.05) is 6.54 Å². The lowest BCUT2D eigenvalue weighted by Gasteiger charge is -2.24.